The quantitative estimate of drug-likeness (QED) is 0.689. The number of rotatable bonds is 1. The lowest BCUT2D eigenvalue weighted by molar-refractivity contribution is 0.0697. The Morgan fingerprint density at radius 1 is 1.12 bits per heavy atom. The van der Waals surface area contributed by atoms with Gasteiger partial charge in [0.15, 0.2) is 0 Å². The highest BCUT2D eigenvalue weighted by molar-refractivity contribution is 6.01. The minimum absolute atomic E-state index is 0.270. The third-order valence-electron chi connectivity index (χ3n) is 2.70. The van der Waals surface area contributed by atoms with Gasteiger partial charge in [-0.15, -0.1) is 0 Å². The number of carboxylic acid groups (broad SMARTS) is 1. The topological polar surface area (TPSA) is 63.1 Å². The normalized spacial score (nSPS) is 10.8. The monoisotopic (exact) mass is 224 g/mol. The molecule has 0 atom stereocenters. The van der Waals surface area contributed by atoms with Crippen LogP contribution in [0.2, 0.25) is 0 Å². The molecule has 4 nitrogen and oxygen atoms in total. The molecule has 17 heavy (non-hydrogen) atoms. The number of carbonyl (C=O) groups is 1. The van der Waals surface area contributed by atoms with Crippen LogP contribution in [0.4, 0.5) is 0 Å². The van der Waals surface area contributed by atoms with Crippen LogP contribution in [-0.2, 0) is 0 Å². The Hall–Kier alpha value is -2.49. The number of aromatic nitrogens is 2. The predicted octanol–water partition coefficient (Wildman–Crippen LogP) is 2.43. The summed E-state index contributed by atoms with van der Waals surface area (Å²) in [5, 5.41) is 9.82. The SMILES string of the molecule is O=C(O)c1ccc2nc3ccnccc-3c2c1. The second-order valence-electron chi connectivity index (χ2n) is 3.73. The molecule has 0 fully saturated rings. The lowest BCUT2D eigenvalue weighted by atomic mass is 10.1. The highest BCUT2D eigenvalue weighted by Gasteiger charge is 2.12. The second kappa shape index (κ2) is 3.52. The van der Waals surface area contributed by atoms with E-state index in [2.05, 4.69) is 9.97 Å². The van der Waals surface area contributed by atoms with Gasteiger partial charge >= 0.3 is 5.97 Å². The van der Waals surface area contributed by atoms with Crippen molar-refractivity contribution < 1.29 is 9.90 Å². The summed E-state index contributed by atoms with van der Waals surface area (Å²) < 4.78 is 0. The molecule has 2 aliphatic heterocycles. The average Bonchev–Trinajstić information content (AvgIpc) is 2.51. The zero-order valence-electron chi connectivity index (χ0n) is 8.79. The van der Waals surface area contributed by atoms with Gasteiger partial charge in [0.2, 0.25) is 0 Å². The van der Waals surface area contributed by atoms with E-state index < -0.39 is 5.97 Å². The molecule has 0 spiro atoms. The van der Waals surface area contributed by atoms with Crippen molar-refractivity contribution in [3.63, 3.8) is 0 Å². The van der Waals surface area contributed by atoms with Crippen LogP contribution in [0.25, 0.3) is 22.2 Å². The van der Waals surface area contributed by atoms with Crippen molar-refractivity contribution in [3.8, 4) is 11.3 Å². The molecule has 1 aromatic carbocycles. The van der Waals surface area contributed by atoms with Crippen molar-refractivity contribution in [1.82, 2.24) is 9.97 Å². The van der Waals surface area contributed by atoms with Crippen LogP contribution >= 0.6 is 0 Å². The number of benzene rings is 1. The van der Waals surface area contributed by atoms with Crippen LogP contribution in [0.5, 0.6) is 0 Å². The number of nitrogens with zero attached hydrogens (tertiary/aromatic N) is 2. The molecule has 3 rings (SSSR count). The Morgan fingerprint density at radius 3 is 2.76 bits per heavy atom. The van der Waals surface area contributed by atoms with Crippen LogP contribution in [0.15, 0.2) is 42.7 Å². The molecule has 4 heteroatoms. The fraction of sp³-hybridized carbons (Fsp3) is 0. The first-order chi connectivity index (χ1) is 8.25. The van der Waals surface area contributed by atoms with E-state index in [9.17, 15) is 4.79 Å². The van der Waals surface area contributed by atoms with Crippen LogP contribution in [0.3, 0.4) is 0 Å². The molecule has 0 bridgehead atoms. The number of hydrogen-bond donors (Lipinski definition) is 1. The van der Waals surface area contributed by atoms with E-state index in [1.165, 1.54) is 0 Å². The summed E-state index contributed by atoms with van der Waals surface area (Å²) in [4.78, 5) is 19.4. The van der Waals surface area contributed by atoms with E-state index in [1.807, 2.05) is 12.1 Å². The molecule has 0 radical (unpaired) electrons. The zero-order chi connectivity index (χ0) is 11.8. The van der Waals surface area contributed by atoms with Crippen LogP contribution in [0, 0.1) is 0 Å². The van der Waals surface area contributed by atoms with Gasteiger partial charge in [-0.3, -0.25) is 4.98 Å². The molecular weight excluding hydrogens is 216 g/mol. The molecule has 82 valence electrons. The van der Waals surface area contributed by atoms with Gasteiger partial charge in [-0.05, 0) is 30.3 Å². The number of aromatic carboxylic acids is 1. The third-order valence-corrected chi connectivity index (χ3v) is 2.70. The summed E-state index contributed by atoms with van der Waals surface area (Å²) in [6, 6.07) is 8.60. The van der Waals surface area contributed by atoms with E-state index in [4.69, 9.17) is 5.11 Å². The van der Waals surface area contributed by atoms with Gasteiger partial charge < -0.3 is 5.11 Å². The molecule has 1 aromatic rings. The molecule has 2 heterocycles. The number of fused-ring (bicyclic) bond motifs is 3. The van der Waals surface area contributed by atoms with Crippen molar-refractivity contribution in [2.24, 2.45) is 0 Å². The van der Waals surface area contributed by atoms with E-state index in [1.54, 1.807) is 30.6 Å². The molecule has 0 saturated heterocycles. The maximum Gasteiger partial charge on any atom is 0.335 e. The first-order valence-electron chi connectivity index (χ1n) is 5.12. The molecule has 2 aliphatic rings. The van der Waals surface area contributed by atoms with Gasteiger partial charge in [0.1, 0.15) is 0 Å². The fourth-order valence-electron chi connectivity index (χ4n) is 1.89. The average molecular weight is 224 g/mol. The van der Waals surface area contributed by atoms with E-state index >= 15 is 0 Å². The molecule has 0 aliphatic carbocycles. The number of carboxylic acids is 1. The molecule has 0 amide bonds. The summed E-state index contributed by atoms with van der Waals surface area (Å²) in [5.74, 6) is -0.931. The second-order valence-corrected chi connectivity index (χ2v) is 3.73. The van der Waals surface area contributed by atoms with Crippen molar-refractivity contribution in [1.29, 1.82) is 0 Å². The Balaban J connectivity index is 2.38. The van der Waals surface area contributed by atoms with Crippen molar-refractivity contribution >= 4 is 16.9 Å². The van der Waals surface area contributed by atoms with Gasteiger partial charge in [-0.2, -0.15) is 0 Å². The van der Waals surface area contributed by atoms with E-state index in [0.29, 0.717) is 0 Å². The van der Waals surface area contributed by atoms with Gasteiger partial charge in [-0.25, -0.2) is 9.78 Å². The van der Waals surface area contributed by atoms with Crippen molar-refractivity contribution in [3.05, 3.63) is 48.3 Å². The van der Waals surface area contributed by atoms with Gasteiger partial charge in [0, 0.05) is 23.3 Å². The van der Waals surface area contributed by atoms with E-state index in [0.717, 1.165) is 22.2 Å². The van der Waals surface area contributed by atoms with Crippen molar-refractivity contribution in [2.45, 2.75) is 0 Å². The Morgan fingerprint density at radius 2 is 1.94 bits per heavy atom. The first kappa shape index (κ1) is 9.72. The number of hydrogen-bond acceptors (Lipinski definition) is 3. The summed E-state index contributed by atoms with van der Waals surface area (Å²) >= 11 is 0. The summed E-state index contributed by atoms with van der Waals surface area (Å²) in [6.07, 6.45) is 3.35. The summed E-state index contributed by atoms with van der Waals surface area (Å²) in [6.45, 7) is 0. The lowest BCUT2D eigenvalue weighted by Gasteiger charge is -1.95. The van der Waals surface area contributed by atoms with Crippen LogP contribution < -0.4 is 0 Å². The molecule has 0 unspecified atom stereocenters. The Bertz CT molecular complexity index is 694. The fourth-order valence-corrected chi connectivity index (χ4v) is 1.89. The summed E-state index contributed by atoms with van der Waals surface area (Å²) in [5.41, 5.74) is 2.81. The van der Waals surface area contributed by atoms with Gasteiger partial charge in [-0.1, -0.05) is 0 Å². The van der Waals surface area contributed by atoms with Gasteiger partial charge in [0.05, 0.1) is 16.8 Å². The van der Waals surface area contributed by atoms with E-state index in [-0.39, 0.29) is 5.56 Å². The zero-order valence-corrected chi connectivity index (χ0v) is 8.79. The van der Waals surface area contributed by atoms with Crippen LogP contribution in [-0.4, -0.2) is 21.0 Å². The third kappa shape index (κ3) is 1.50. The minimum atomic E-state index is -0.931. The predicted molar refractivity (Wildman–Crippen MR) is 63.1 cm³/mol. The standard InChI is InChI=1S/C13H8N2O2/c16-13(17)8-1-2-11-10(7-8)9-3-5-14-6-4-12(9)15-11/h1-7H,(H,16,17). The molecule has 0 saturated carbocycles. The highest BCUT2D eigenvalue weighted by Crippen LogP contribution is 2.30. The molecule has 0 aromatic heterocycles. The van der Waals surface area contributed by atoms with Crippen LogP contribution in [0.1, 0.15) is 10.4 Å². The first-order valence-corrected chi connectivity index (χ1v) is 5.12. The summed E-state index contributed by atoms with van der Waals surface area (Å²) in [7, 11) is 0. The Labute approximate surface area is 96.9 Å². The lowest BCUT2D eigenvalue weighted by Crippen LogP contribution is -1.94. The maximum absolute atomic E-state index is 10.9. The van der Waals surface area contributed by atoms with Crippen molar-refractivity contribution in [2.75, 3.05) is 0 Å². The largest absolute Gasteiger partial charge is 0.478 e. The van der Waals surface area contributed by atoms with Gasteiger partial charge in [0.25, 0.3) is 0 Å². The molecule has 1 N–H and O–H groups in total. The maximum atomic E-state index is 10.9. The highest BCUT2D eigenvalue weighted by atomic mass is 16.4. The smallest absolute Gasteiger partial charge is 0.335 e. The molecular formula is C13H8N2O2. The Kier molecular flexibility index (Phi) is 2.01. The minimum Gasteiger partial charge on any atom is -0.478 e.